The Labute approximate surface area is 125 Å². The molecule has 2 rings (SSSR count). The lowest BCUT2D eigenvalue weighted by molar-refractivity contribution is 0.0836. The van der Waals surface area contributed by atoms with Crippen molar-refractivity contribution in [1.29, 1.82) is 0 Å². The fourth-order valence-corrected chi connectivity index (χ4v) is 4.26. The Morgan fingerprint density at radius 3 is 2.80 bits per heavy atom. The number of rotatable bonds is 5. The third-order valence-corrected chi connectivity index (χ3v) is 6.15. The van der Waals surface area contributed by atoms with Gasteiger partial charge in [0.25, 0.3) is 0 Å². The number of fused-ring (bicyclic) bond motifs is 1. The highest BCUT2D eigenvalue weighted by atomic mass is 16.3. The molecule has 0 aromatic heterocycles. The van der Waals surface area contributed by atoms with E-state index in [1.54, 1.807) is 5.57 Å². The van der Waals surface area contributed by atoms with Gasteiger partial charge in [0.15, 0.2) is 0 Å². The molecule has 0 radical (unpaired) electrons. The quantitative estimate of drug-likeness (QED) is 0.739. The highest BCUT2D eigenvalue weighted by Gasteiger charge is 2.43. The van der Waals surface area contributed by atoms with Gasteiger partial charge in [0.1, 0.15) is 0 Å². The molecule has 0 aromatic rings. The van der Waals surface area contributed by atoms with Gasteiger partial charge in [0, 0.05) is 6.61 Å². The van der Waals surface area contributed by atoms with Gasteiger partial charge in [0.2, 0.25) is 0 Å². The van der Waals surface area contributed by atoms with Crippen molar-refractivity contribution in [2.45, 2.75) is 66.2 Å². The molecule has 0 saturated carbocycles. The SMILES string of the molecule is CC1=CCCC2C1=CCC(C)C2(C)CCC(C)CCO. The van der Waals surface area contributed by atoms with Crippen LogP contribution in [0, 0.1) is 23.2 Å². The van der Waals surface area contributed by atoms with Crippen LogP contribution >= 0.6 is 0 Å². The highest BCUT2D eigenvalue weighted by molar-refractivity contribution is 5.37. The molecule has 0 aliphatic heterocycles. The third kappa shape index (κ3) is 3.03. The smallest absolute Gasteiger partial charge is 0.0433 e. The maximum atomic E-state index is 9.10. The van der Waals surface area contributed by atoms with Crippen LogP contribution in [-0.4, -0.2) is 11.7 Å². The van der Waals surface area contributed by atoms with E-state index in [4.69, 9.17) is 5.11 Å². The van der Waals surface area contributed by atoms with Crippen molar-refractivity contribution in [3.8, 4) is 0 Å². The molecule has 4 unspecified atom stereocenters. The number of allylic oxidation sites excluding steroid dienone is 4. The summed E-state index contributed by atoms with van der Waals surface area (Å²) >= 11 is 0. The molecule has 0 heterocycles. The summed E-state index contributed by atoms with van der Waals surface area (Å²) in [4.78, 5) is 0. The van der Waals surface area contributed by atoms with Crippen molar-refractivity contribution >= 4 is 0 Å². The Morgan fingerprint density at radius 2 is 2.10 bits per heavy atom. The monoisotopic (exact) mass is 276 g/mol. The Kier molecular flexibility index (Phi) is 5.12. The molecule has 0 amide bonds. The Hall–Kier alpha value is -0.560. The Balaban J connectivity index is 2.12. The summed E-state index contributed by atoms with van der Waals surface area (Å²) in [6, 6.07) is 0. The minimum absolute atomic E-state index is 0.337. The summed E-state index contributed by atoms with van der Waals surface area (Å²) in [5.41, 5.74) is 3.62. The van der Waals surface area contributed by atoms with Crippen molar-refractivity contribution < 1.29 is 5.11 Å². The second-order valence-electron chi connectivity index (χ2n) is 7.48. The summed E-state index contributed by atoms with van der Waals surface area (Å²) in [6.07, 6.45) is 12.3. The molecule has 2 aliphatic carbocycles. The minimum Gasteiger partial charge on any atom is -0.396 e. The molecular weight excluding hydrogens is 244 g/mol. The van der Waals surface area contributed by atoms with Gasteiger partial charge in [-0.1, -0.05) is 44.9 Å². The lowest BCUT2D eigenvalue weighted by Crippen LogP contribution is -2.39. The summed E-state index contributed by atoms with van der Waals surface area (Å²) < 4.78 is 0. The van der Waals surface area contributed by atoms with Crippen molar-refractivity contribution in [3.05, 3.63) is 23.3 Å². The van der Waals surface area contributed by atoms with Crippen molar-refractivity contribution in [2.24, 2.45) is 23.2 Å². The zero-order valence-electron chi connectivity index (χ0n) is 13.8. The minimum atomic E-state index is 0.337. The van der Waals surface area contributed by atoms with E-state index >= 15 is 0 Å². The van der Waals surface area contributed by atoms with Crippen LogP contribution in [0.4, 0.5) is 0 Å². The van der Waals surface area contributed by atoms with Gasteiger partial charge >= 0.3 is 0 Å². The normalized spacial score (nSPS) is 35.0. The van der Waals surface area contributed by atoms with E-state index in [2.05, 4.69) is 39.8 Å². The van der Waals surface area contributed by atoms with E-state index in [0.717, 1.165) is 18.3 Å². The Morgan fingerprint density at radius 1 is 1.35 bits per heavy atom. The first-order valence-electron chi connectivity index (χ1n) is 8.47. The van der Waals surface area contributed by atoms with Crippen LogP contribution < -0.4 is 0 Å². The molecule has 0 fully saturated rings. The van der Waals surface area contributed by atoms with Crippen LogP contribution in [0.1, 0.15) is 66.2 Å². The van der Waals surface area contributed by atoms with Gasteiger partial charge in [0.05, 0.1) is 0 Å². The summed E-state index contributed by atoms with van der Waals surface area (Å²) in [7, 11) is 0. The predicted molar refractivity (Wildman–Crippen MR) is 86.6 cm³/mol. The third-order valence-electron chi connectivity index (χ3n) is 6.15. The van der Waals surface area contributed by atoms with Crippen molar-refractivity contribution in [1.82, 2.24) is 0 Å². The highest BCUT2D eigenvalue weighted by Crippen LogP contribution is 2.53. The molecule has 0 aromatic carbocycles. The average molecular weight is 276 g/mol. The average Bonchev–Trinajstić information content (AvgIpc) is 2.42. The zero-order valence-corrected chi connectivity index (χ0v) is 13.8. The predicted octanol–water partition coefficient (Wildman–Crippen LogP) is 5.11. The second kappa shape index (κ2) is 6.47. The number of hydrogen-bond donors (Lipinski definition) is 1. The second-order valence-corrected chi connectivity index (χ2v) is 7.48. The van der Waals surface area contributed by atoms with Crippen molar-refractivity contribution in [2.75, 3.05) is 6.61 Å². The Bertz CT molecular complexity index is 393. The molecular formula is C19H32O. The van der Waals surface area contributed by atoms with Crippen LogP contribution in [0.3, 0.4) is 0 Å². The van der Waals surface area contributed by atoms with Gasteiger partial charge in [-0.05, 0) is 67.8 Å². The molecule has 0 bridgehead atoms. The van der Waals surface area contributed by atoms with E-state index in [1.165, 1.54) is 37.7 Å². The lowest BCUT2D eigenvalue weighted by Gasteiger charge is -2.49. The molecule has 114 valence electrons. The first kappa shape index (κ1) is 15.8. The van der Waals surface area contributed by atoms with Crippen LogP contribution in [0.2, 0.25) is 0 Å². The van der Waals surface area contributed by atoms with Crippen molar-refractivity contribution in [3.63, 3.8) is 0 Å². The molecule has 4 atom stereocenters. The summed E-state index contributed by atoms with van der Waals surface area (Å²) in [5.74, 6) is 2.19. The zero-order chi connectivity index (χ0) is 14.8. The van der Waals surface area contributed by atoms with E-state index < -0.39 is 0 Å². The fraction of sp³-hybridized carbons (Fsp3) is 0.789. The number of aliphatic hydroxyl groups excluding tert-OH is 1. The maximum absolute atomic E-state index is 9.10. The van der Waals surface area contributed by atoms with E-state index in [0.29, 0.717) is 17.9 Å². The standard InChI is InChI=1S/C19H32O/c1-14(11-13-20)10-12-19(4)16(3)8-9-17-15(2)6-5-7-18(17)19/h6,9,14,16,18,20H,5,7-8,10-13H2,1-4H3. The first-order chi connectivity index (χ1) is 9.49. The van der Waals surface area contributed by atoms with Crippen LogP contribution in [0.5, 0.6) is 0 Å². The molecule has 1 N–H and O–H groups in total. The van der Waals surface area contributed by atoms with Crippen LogP contribution in [-0.2, 0) is 0 Å². The topological polar surface area (TPSA) is 20.2 Å². The molecule has 20 heavy (non-hydrogen) atoms. The van der Waals surface area contributed by atoms with Crippen LogP contribution in [0.25, 0.3) is 0 Å². The van der Waals surface area contributed by atoms with E-state index in [-0.39, 0.29) is 0 Å². The molecule has 2 aliphatic rings. The molecule has 0 spiro atoms. The summed E-state index contributed by atoms with van der Waals surface area (Å²) in [5, 5.41) is 9.10. The lowest BCUT2D eigenvalue weighted by atomic mass is 9.56. The van der Waals surface area contributed by atoms with E-state index in [9.17, 15) is 0 Å². The summed E-state index contributed by atoms with van der Waals surface area (Å²) in [6.45, 7) is 9.89. The first-order valence-corrected chi connectivity index (χ1v) is 8.47. The van der Waals surface area contributed by atoms with Crippen LogP contribution in [0.15, 0.2) is 23.3 Å². The van der Waals surface area contributed by atoms with Gasteiger partial charge in [-0.15, -0.1) is 0 Å². The largest absolute Gasteiger partial charge is 0.396 e. The van der Waals surface area contributed by atoms with Gasteiger partial charge in [-0.2, -0.15) is 0 Å². The van der Waals surface area contributed by atoms with E-state index in [1.807, 2.05) is 0 Å². The molecule has 1 heteroatoms. The number of hydrogen-bond acceptors (Lipinski definition) is 1. The van der Waals surface area contributed by atoms with Gasteiger partial charge in [-0.3, -0.25) is 0 Å². The maximum Gasteiger partial charge on any atom is 0.0433 e. The van der Waals surface area contributed by atoms with Gasteiger partial charge in [-0.25, -0.2) is 0 Å². The fourth-order valence-electron chi connectivity index (χ4n) is 4.26. The number of aliphatic hydroxyl groups is 1. The van der Waals surface area contributed by atoms with Gasteiger partial charge < -0.3 is 5.11 Å². The molecule has 1 nitrogen and oxygen atoms in total. The molecule has 0 saturated heterocycles.